The van der Waals surface area contributed by atoms with Gasteiger partial charge in [0.25, 0.3) is 0 Å². The van der Waals surface area contributed by atoms with Crippen LogP contribution in [0.1, 0.15) is 9.67 Å². The van der Waals surface area contributed by atoms with Gasteiger partial charge in [0.15, 0.2) is 0 Å². The fourth-order valence-electron chi connectivity index (χ4n) is 1.45. The van der Waals surface area contributed by atoms with Crippen LogP contribution in [0.5, 0.6) is 0 Å². The van der Waals surface area contributed by atoms with Gasteiger partial charge in [0, 0.05) is 10.0 Å². The second-order valence-electron chi connectivity index (χ2n) is 3.13. The van der Waals surface area contributed by atoms with Crippen molar-refractivity contribution in [2.24, 2.45) is 0 Å². The van der Waals surface area contributed by atoms with Crippen LogP contribution in [0.2, 0.25) is 0 Å². The predicted molar refractivity (Wildman–Crippen MR) is 68.8 cm³/mol. The molecule has 0 N–H and O–H groups in total. The van der Waals surface area contributed by atoms with E-state index in [1.165, 1.54) is 18.4 Å². The van der Waals surface area contributed by atoms with E-state index in [0.29, 0.717) is 4.88 Å². The molecule has 0 aliphatic rings. The van der Waals surface area contributed by atoms with Gasteiger partial charge in [-0.1, -0.05) is 34.1 Å². The molecule has 1 aromatic carbocycles. The van der Waals surface area contributed by atoms with E-state index in [-0.39, 0.29) is 5.97 Å². The Hall–Kier alpha value is -1.13. The number of ether oxygens (including phenoxy) is 1. The molecule has 0 aliphatic heterocycles. The summed E-state index contributed by atoms with van der Waals surface area (Å²) in [7, 11) is 1.39. The minimum atomic E-state index is -0.291. The molecule has 1 heterocycles. The number of methoxy groups -OCH3 is 1. The van der Waals surface area contributed by atoms with Gasteiger partial charge >= 0.3 is 5.97 Å². The van der Waals surface area contributed by atoms with Crippen molar-refractivity contribution in [1.82, 2.24) is 0 Å². The van der Waals surface area contributed by atoms with Gasteiger partial charge in [-0.3, -0.25) is 0 Å². The van der Waals surface area contributed by atoms with Gasteiger partial charge in [-0.15, -0.1) is 11.3 Å². The van der Waals surface area contributed by atoms with Crippen molar-refractivity contribution in [1.29, 1.82) is 0 Å². The number of carbonyl (C=O) groups is 1. The molecule has 4 heteroatoms. The molecule has 0 bridgehead atoms. The average Bonchev–Trinajstić information content (AvgIpc) is 2.77. The van der Waals surface area contributed by atoms with Gasteiger partial charge in [-0.2, -0.15) is 0 Å². The van der Waals surface area contributed by atoms with E-state index in [1.54, 1.807) is 0 Å². The largest absolute Gasteiger partial charge is 0.465 e. The molecule has 2 aromatic rings. The molecule has 0 saturated heterocycles. The third-order valence-electron chi connectivity index (χ3n) is 2.20. The van der Waals surface area contributed by atoms with Crippen LogP contribution in [0.4, 0.5) is 0 Å². The summed E-state index contributed by atoms with van der Waals surface area (Å²) >= 11 is 4.87. The van der Waals surface area contributed by atoms with Gasteiger partial charge in [0.2, 0.25) is 0 Å². The summed E-state index contributed by atoms with van der Waals surface area (Å²) < 4.78 is 5.72. The first-order valence-electron chi connectivity index (χ1n) is 4.64. The molecule has 0 radical (unpaired) electrons. The Kier molecular flexibility index (Phi) is 3.41. The Bertz CT molecular complexity index is 519. The number of hydrogen-bond donors (Lipinski definition) is 0. The van der Waals surface area contributed by atoms with Gasteiger partial charge in [0.1, 0.15) is 4.88 Å². The molecule has 82 valence electrons. The topological polar surface area (TPSA) is 26.3 Å². The van der Waals surface area contributed by atoms with Crippen molar-refractivity contribution in [3.05, 3.63) is 45.1 Å². The van der Waals surface area contributed by atoms with Crippen molar-refractivity contribution in [2.75, 3.05) is 7.11 Å². The van der Waals surface area contributed by atoms with Gasteiger partial charge in [-0.05, 0) is 23.1 Å². The smallest absolute Gasteiger partial charge is 0.348 e. The number of carbonyl (C=O) groups excluding carboxylic acids is 1. The minimum Gasteiger partial charge on any atom is -0.465 e. The van der Waals surface area contributed by atoms with E-state index in [2.05, 4.69) is 15.9 Å². The highest BCUT2D eigenvalue weighted by Crippen LogP contribution is 2.33. The first-order valence-corrected chi connectivity index (χ1v) is 6.32. The Morgan fingerprint density at radius 3 is 2.69 bits per heavy atom. The highest BCUT2D eigenvalue weighted by molar-refractivity contribution is 9.10. The highest BCUT2D eigenvalue weighted by atomic mass is 79.9. The van der Waals surface area contributed by atoms with Crippen LogP contribution in [0.25, 0.3) is 11.1 Å². The molecule has 16 heavy (non-hydrogen) atoms. The lowest BCUT2D eigenvalue weighted by molar-refractivity contribution is 0.0607. The summed E-state index contributed by atoms with van der Waals surface area (Å²) in [5.41, 5.74) is 1.91. The van der Waals surface area contributed by atoms with E-state index in [1.807, 2.05) is 35.7 Å². The van der Waals surface area contributed by atoms with Crippen molar-refractivity contribution < 1.29 is 9.53 Å². The maximum absolute atomic E-state index is 11.6. The SMILES string of the molecule is COC(=O)c1sccc1-c1ccccc1Br. The molecule has 2 nitrogen and oxygen atoms in total. The highest BCUT2D eigenvalue weighted by Gasteiger charge is 2.16. The van der Waals surface area contributed by atoms with Crippen molar-refractivity contribution in [3.8, 4) is 11.1 Å². The van der Waals surface area contributed by atoms with Crippen LogP contribution in [-0.2, 0) is 4.74 Å². The van der Waals surface area contributed by atoms with E-state index in [4.69, 9.17) is 4.74 Å². The molecule has 0 aliphatic carbocycles. The first kappa shape index (κ1) is 11.4. The maximum atomic E-state index is 11.6. The third-order valence-corrected chi connectivity index (χ3v) is 3.79. The lowest BCUT2D eigenvalue weighted by Crippen LogP contribution is -1.99. The summed E-state index contributed by atoms with van der Waals surface area (Å²) in [4.78, 5) is 12.2. The second kappa shape index (κ2) is 4.80. The van der Waals surface area contributed by atoms with Crippen LogP contribution in [0.3, 0.4) is 0 Å². The maximum Gasteiger partial charge on any atom is 0.348 e. The lowest BCUT2D eigenvalue weighted by atomic mass is 10.1. The Balaban J connectivity index is 2.53. The summed E-state index contributed by atoms with van der Waals surface area (Å²) in [6.45, 7) is 0. The van der Waals surface area contributed by atoms with Crippen molar-refractivity contribution >= 4 is 33.2 Å². The van der Waals surface area contributed by atoms with Gasteiger partial charge in [-0.25, -0.2) is 4.79 Å². The predicted octanol–water partition coefficient (Wildman–Crippen LogP) is 3.96. The average molecular weight is 297 g/mol. The summed E-state index contributed by atoms with van der Waals surface area (Å²) in [6.07, 6.45) is 0. The summed E-state index contributed by atoms with van der Waals surface area (Å²) in [6, 6.07) is 9.74. The van der Waals surface area contributed by atoms with E-state index in [9.17, 15) is 4.79 Å². The zero-order valence-corrected chi connectivity index (χ0v) is 11.0. The quantitative estimate of drug-likeness (QED) is 0.784. The number of halogens is 1. The zero-order valence-electron chi connectivity index (χ0n) is 8.57. The van der Waals surface area contributed by atoms with Crippen molar-refractivity contribution in [2.45, 2.75) is 0 Å². The van der Waals surface area contributed by atoms with Crippen LogP contribution in [0, 0.1) is 0 Å². The Morgan fingerprint density at radius 2 is 2.00 bits per heavy atom. The standard InChI is InChI=1S/C12H9BrO2S/c1-15-12(14)11-9(6-7-16-11)8-4-2-3-5-10(8)13/h2-7H,1H3. The summed E-state index contributed by atoms with van der Waals surface area (Å²) in [5, 5.41) is 1.89. The first-order chi connectivity index (χ1) is 7.74. The molecular formula is C12H9BrO2S. The number of rotatable bonds is 2. The lowest BCUT2D eigenvalue weighted by Gasteiger charge is -2.04. The number of esters is 1. The molecule has 0 spiro atoms. The van der Waals surface area contributed by atoms with Crippen LogP contribution in [0.15, 0.2) is 40.2 Å². The Labute approximate surface area is 106 Å². The van der Waals surface area contributed by atoms with Crippen LogP contribution in [-0.4, -0.2) is 13.1 Å². The van der Waals surface area contributed by atoms with E-state index < -0.39 is 0 Å². The van der Waals surface area contributed by atoms with E-state index in [0.717, 1.165) is 15.6 Å². The molecule has 0 saturated carbocycles. The van der Waals surface area contributed by atoms with Gasteiger partial charge in [0.05, 0.1) is 7.11 Å². The van der Waals surface area contributed by atoms with Gasteiger partial charge < -0.3 is 4.74 Å². The van der Waals surface area contributed by atoms with Crippen LogP contribution >= 0.6 is 27.3 Å². The molecular weight excluding hydrogens is 288 g/mol. The number of benzene rings is 1. The molecule has 2 rings (SSSR count). The number of thiophene rings is 1. The molecule has 0 unspecified atom stereocenters. The molecule has 1 aromatic heterocycles. The third kappa shape index (κ3) is 2.03. The van der Waals surface area contributed by atoms with E-state index >= 15 is 0 Å². The van der Waals surface area contributed by atoms with Crippen molar-refractivity contribution in [3.63, 3.8) is 0 Å². The summed E-state index contributed by atoms with van der Waals surface area (Å²) in [5.74, 6) is -0.291. The zero-order chi connectivity index (χ0) is 11.5. The number of hydrogen-bond acceptors (Lipinski definition) is 3. The molecule has 0 amide bonds. The second-order valence-corrected chi connectivity index (χ2v) is 4.91. The monoisotopic (exact) mass is 296 g/mol. The fourth-order valence-corrected chi connectivity index (χ4v) is 2.77. The minimum absolute atomic E-state index is 0.291. The molecule has 0 atom stereocenters. The Morgan fingerprint density at radius 1 is 1.25 bits per heavy atom. The fraction of sp³-hybridized carbons (Fsp3) is 0.0833. The normalized spacial score (nSPS) is 10.1. The molecule has 0 fully saturated rings. The van der Waals surface area contributed by atoms with Crippen LogP contribution < -0.4 is 0 Å².